The van der Waals surface area contributed by atoms with Crippen LogP contribution in [0, 0.1) is 0 Å². The van der Waals surface area contributed by atoms with E-state index < -0.39 is 35.9 Å². The molecule has 15 heteroatoms. The molecule has 0 aromatic carbocycles. The number of carboxylic acid groups (broad SMARTS) is 1. The van der Waals surface area contributed by atoms with E-state index in [0.717, 1.165) is 27.3 Å². The Morgan fingerprint density at radius 1 is 1.43 bits per heavy atom. The number of thiazole rings is 1. The van der Waals surface area contributed by atoms with Crippen LogP contribution in [0.1, 0.15) is 11.3 Å². The number of hydrogen-bond donors (Lipinski definition) is 3. The first-order valence-electron chi connectivity index (χ1n) is 11.0. The number of aromatic nitrogens is 3. The van der Waals surface area contributed by atoms with Gasteiger partial charge in [0.05, 0.1) is 23.4 Å². The smallest absolute Gasteiger partial charge is 0.276 e. The Labute approximate surface area is 217 Å². The van der Waals surface area contributed by atoms with Crippen LogP contribution < -0.4 is 20.7 Å². The van der Waals surface area contributed by atoms with Gasteiger partial charge >= 0.3 is 0 Å². The fraction of sp³-hybridized carbons (Fsp3) is 0.273. The highest BCUT2D eigenvalue weighted by Crippen LogP contribution is 2.41. The number of carbonyl (C=O) groups excluding carboxylic acids is 3. The van der Waals surface area contributed by atoms with Crippen molar-refractivity contribution >= 4 is 57.2 Å². The highest BCUT2D eigenvalue weighted by atomic mass is 32.2. The number of carboxylic acids is 1. The fourth-order valence-corrected chi connectivity index (χ4v) is 6.07. The molecular weight excluding hydrogens is 525 g/mol. The minimum absolute atomic E-state index is 0.105. The summed E-state index contributed by atoms with van der Waals surface area (Å²) in [7, 11) is 0. The summed E-state index contributed by atoms with van der Waals surface area (Å²) in [4.78, 5) is 48.1. The van der Waals surface area contributed by atoms with Gasteiger partial charge in [0.2, 0.25) is 5.52 Å². The zero-order chi connectivity index (χ0) is 26.1. The normalized spacial score (nSPS) is 19.5. The summed E-state index contributed by atoms with van der Waals surface area (Å²) in [6, 6.07) is 4.62. The Kier molecular flexibility index (Phi) is 6.80. The van der Waals surface area contributed by atoms with Crippen LogP contribution in [0.2, 0.25) is 0 Å². The number of aliphatic carboxylic acids is 1. The molecular formula is C22H20FN7O5S2. The van der Waals surface area contributed by atoms with E-state index in [1.165, 1.54) is 17.1 Å². The van der Waals surface area contributed by atoms with Crippen molar-refractivity contribution in [3.63, 3.8) is 0 Å². The standard InChI is InChI=1S/C22H20FN7O5S2/c23-4-6-35-28-15(13-10-37-22(24)26-13)18(31)27-16-19(32)30-17(21(33)34)12(9-36-20(16)30)7-11-8-25-29-5-2-1-3-14(11)29/h1-3,5,8,10,16,20H,4,6-7,9H2,(H4,24,26,27,31,33,34)/b28-15-/t16-,20+/m1/s1. The second-order valence-electron chi connectivity index (χ2n) is 8.06. The van der Waals surface area contributed by atoms with Crippen molar-refractivity contribution in [1.82, 2.24) is 20.3 Å². The maximum atomic E-state index is 13.0. The van der Waals surface area contributed by atoms with Gasteiger partial charge in [0.25, 0.3) is 11.8 Å². The van der Waals surface area contributed by atoms with Gasteiger partial charge in [-0.05, 0) is 11.6 Å². The number of nitrogens with one attached hydrogen (secondary N) is 2. The minimum atomic E-state index is -1.47. The number of pyridine rings is 1. The second kappa shape index (κ2) is 10.2. The van der Waals surface area contributed by atoms with Crippen LogP contribution in [-0.2, 0) is 25.6 Å². The number of alkyl halides is 1. The molecule has 2 amide bonds. The number of aromatic amines is 1. The van der Waals surface area contributed by atoms with E-state index in [-0.39, 0.29) is 28.8 Å². The van der Waals surface area contributed by atoms with E-state index in [4.69, 9.17) is 10.6 Å². The van der Waals surface area contributed by atoms with E-state index in [0.29, 0.717) is 17.7 Å². The predicted molar refractivity (Wildman–Crippen MR) is 130 cm³/mol. The summed E-state index contributed by atoms with van der Waals surface area (Å²) in [5, 5.41) is 22.4. The van der Waals surface area contributed by atoms with E-state index in [1.807, 2.05) is 24.4 Å². The topological polar surface area (TPSA) is 170 Å². The highest BCUT2D eigenvalue weighted by Gasteiger charge is 2.53. The molecule has 3 aromatic rings. The number of thioether (sulfide) groups is 1. The molecule has 2 aliphatic heterocycles. The lowest BCUT2D eigenvalue weighted by Gasteiger charge is -2.50. The number of anilines is 1. The fourth-order valence-electron chi connectivity index (χ4n) is 4.17. The van der Waals surface area contributed by atoms with Crippen LogP contribution in [-0.4, -0.2) is 68.9 Å². The van der Waals surface area contributed by atoms with Crippen LogP contribution in [0.5, 0.6) is 0 Å². The van der Waals surface area contributed by atoms with Crippen LogP contribution in [0.3, 0.4) is 0 Å². The van der Waals surface area contributed by atoms with Gasteiger partial charge in [0.1, 0.15) is 30.4 Å². The molecule has 1 fully saturated rings. The first kappa shape index (κ1) is 24.7. The number of oxime groups is 1. The summed E-state index contributed by atoms with van der Waals surface area (Å²) in [6.45, 7) is -1.19. The average molecular weight is 546 g/mol. The summed E-state index contributed by atoms with van der Waals surface area (Å²) < 4.78 is 14.3. The molecule has 192 valence electrons. The molecule has 12 nitrogen and oxygen atoms in total. The molecule has 2 aliphatic rings. The van der Waals surface area contributed by atoms with Crippen molar-refractivity contribution in [2.45, 2.75) is 17.8 Å². The predicted octanol–water partition coefficient (Wildman–Crippen LogP) is -0.871. The van der Waals surface area contributed by atoms with Crippen molar-refractivity contribution in [2.24, 2.45) is 5.16 Å². The number of carbonyl (C=O) groups is 3. The Morgan fingerprint density at radius 2 is 2.27 bits per heavy atom. The summed E-state index contributed by atoms with van der Waals surface area (Å²) in [5.74, 6) is -2.54. The molecule has 3 aromatic heterocycles. The molecule has 1 saturated heterocycles. The molecule has 4 N–H and O–H groups in total. The summed E-state index contributed by atoms with van der Waals surface area (Å²) in [5.41, 5.74) is 7.55. The van der Waals surface area contributed by atoms with E-state index in [2.05, 4.69) is 20.6 Å². The number of β-lactam (4-membered cyclic amide) rings is 1. The number of fused-ring (bicyclic) bond motifs is 2. The van der Waals surface area contributed by atoms with Gasteiger partial charge in [0.15, 0.2) is 17.0 Å². The quantitative estimate of drug-likeness (QED) is 0.102. The number of halogens is 1. The van der Waals surface area contributed by atoms with Gasteiger partial charge in [-0.15, -0.1) is 23.1 Å². The Morgan fingerprint density at radius 3 is 3.00 bits per heavy atom. The number of nitrogens with two attached hydrogens (primary N) is 1. The third-order valence-electron chi connectivity index (χ3n) is 5.80. The van der Waals surface area contributed by atoms with Gasteiger partial charge in [-0.3, -0.25) is 14.5 Å². The maximum absolute atomic E-state index is 13.0. The molecule has 0 spiro atoms. The van der Waals surface area contributed by atoms with Crippen LogP contribution in [0.25, 0.3) is 5.52 Å². The first-order valence-corrected chi connectivity index (χ1v) is 12.9. The van der Waals surface area contributed by atoms with Crippen LogP contribution in [0.15, 0.2) is 52.4 Å². The number of hydrogen-bond acceptors (Lipinski definition) is 10. The summed E-state index contributed by atoms with van der Waals surface area (Å²) in [6.07, 6.45) is 3.92. The number of amides is 2. The van der Waals surface area contributed by atoms with Gasteiger partial charge in [-0.25, -0.2) is 9.37 Å². The SMILES string of the molecule is Nc1nc(/C(=N/OCCF)C(=O)N[C@@H]2C(=O)N3C(C(=O)[O-])=C(Cc4c[nH][n+]5ccccc45)CS[C@@H]23)cs1. The number of nitrogen functional groups attached to an aromatic ring is 1. The molecule has 5 rings (SSSR count). The molecule has 0 unspecified atom stereocenters. The van der Waals surface area contributed by atoms with Crippen molar-refractivity contribution in [1.29, 1.82) is 0 Å². The molecule has 37 heavy (non-hydrogen) atoms. The third kappa shape index (κ3) is 4.62. The zero-order valence-corrected chi connectivity index (χ0v) is 20.7. The Balaban J connectivity index is 1.36. The molecule has 0 bridgehead atoms. The summed E-state index contributed by atoms with van der Waals surface area (Å²) >= 11 is 2.39. The van der Waals surface area contributed by atoms with Gasteiger partial charge in [0, 0.05) is 29.7 Å². The molecule has 0 aliphatic carbocycles. The van der Waals surface area contributed by atoms with E-state index in [9.17, 15) is 23.9 Å². The first-order chi connectivity index (χ1) is 17.9. The minimum Gasteiger partial charge on any atom is -0.543 e. The van der Waals surface area contributed by atoms with Crippen LogP contribution >= 0.6 is 23.1 Å². The lowest BCUT2D eigenvalue weighted by atomic mass is 9.99. The third-order valence-corrected chi connectivity index (χ3v) is 7.82. The lowest BCUT2D eigenvalue weighted by molar-refractivity contribution is -0.576. The Hall–Kier alpha value is -3.98. The van der Waals surface area contributed by atoms with Crippen molar-refractivity contribution < 1.29 is 33.2 Å². The number of H-pyrrole nitrogens is 1. The molecule has 0 saturated carbocycles. The largest absolute Gasteiger partial charge is 0.543 e. The monoisotopic (exact) mass is 545 g/mol. The van der Waals surface area contributed by atoms with E-state index >= 15 is 0 Å². The molecule has 5 heterocycles. The molecule has 2 atom stereocenters. The van der Waals surface area contributed by atoms with Gasteiger partial charge in [-0.2, -0.15) is 5.10 Å². The van der Waals surface area contributed by atoms with Gasteiger partial charge in [-0.1, -0.05) is 9.67 Å². The van der Waals surface area contributed by atoms with Crippen molar-refractivity contribution in [3.8, 4) is 0 Å². The van der Waals surface area contributed by atoms with Gasteiger partial charge < -0.3 is 25.8 Å². The number of rotatable bonds is 9. The molecule has 0 radical (unpaired) electrons. The van der Waals surface area contributed by atoms with Crippen molar-refractivity contribution in [3.05, 3.63) is 58.5 Å². The number of nitrogens with zero attached hydrogens (tertiary/aromatic N) is 4. The maximum Gasteiger partial charge on any atom is 0.276 e. The zero-order valence-electron chi connectivity index (χ0n) is 19.0. The van der Waals surface area contributed by atoms with Crippen molar-refractivity contribution in [2.75, 3.05) is 24.8 Å². The highest BCUT2D eigenvalue weighted by molar-refractivity contribution is 8.00. The second-order valence-corrected chi connectivity index (χ2v) is 10.1. The lowest BCUT2D eigenvalue weighted by Crippen LogP contribution is -2.71. The Bertz CT molecular complexity index is 1450. The van der Waals surface area contributed by atoms with Crippen LogP contribution in [0.4, 0.5) is 9.52 Å². The average Bonchev–Trinajstić information content (AvgIpc) is 3.50. The van der Waals surface area contributed by atoms with E-state index in [1.54, 1.807) is 10.7 Å².